The zero-order valence-electron chi connectivity index (χ0n) is 24.4. The highest BCUT2D eigenvalue weighted by molar-refractivity contribution is 5.88. The van der Waals surface area contributed by atoms with E-state index in [-0.39, 0.29) is 12.2 Å². The Morgan fingerprint density at radius 3 is 2.64 bits per heavy atom. The number of hydrogen-bond donors (Lipinski definition) is 2. The molecule has 2 aromatic carbocycles. The number of nitrogens with zero attached hydrogens (tertiary/aromatic N) is 1. The first kappa shape index (κ1) is 31.1. The molecule has 0 saturated carbocycles. The summed E-state index contributed by atoms with van der Waals surface area (Å²) in [7, 11) is 0. The molecular formula is C32H49N3O4. The van der Waals surface area contributed by atoms with Crippen molar-refractivity contribution < 1.29 is 19.1 Å². The fraction of sp³-hybridized carbons (Fsp3) is 0.594. The average molecular weight is 540 g/mol. The highest BCUT2D eigenvalue weighted by Gasteiger charge is 2.15. The topological polar surface area (TPSA) is 72.1 Å². The number of hydrogen-bond acceptors (Lipinski definition) is 6. The largest absolute Gasteiger partial charge is 0.489 e. The molecule has 0 aromatic heterocycles. The van der Waals surface area contributed by atoms with E-state index in [0.29, 0.717) is 31.7 Å². The second kappa shape index (κ2) is 17.3. The predicted molar refractivity (Wildman–Crippen MR) is 159 cm³/mol. The lowest BCUT2D eigenvalue weighted by atomic mass is 10.1. The van der Waals surface area contributed by atoms with Gasteiger partial charge in [-0.25, -0.2) is 10.3 Å². The standard InChI is InChI=1S/C32H49N3O4/c1-25(2)35(26(3)4)21-20-33-23-27(24-38-30-17-12-15-28-14-8-9-16-29(28)30)13-6-5-7-18-31(36)34-39-32-19-10-11-22-37-32/h8-9,12-17,25-26,32-33H,5-7,10-11,18-24H2,1-4H3,(H,34,36). The minimum atomic E-state index is -0.310. The molecule has 3 rings (SSSR count). The summed E-state index contributed by atoms with van der Waals surface area (Å²) in [6.07, 6.45) is 8.00. The van der Waals surface area contributed by atoms with Gasteiger partial charge in [-0.2, -0.15) is 0 Å². The Labute approximate surface area is 235 Å². The molecule has 1 aliphatic rings. The van der Waals surface area contributed by atoms with Gasteiger partial charge in [0, 0.05) is 56.6 Å². The van der Waals surface area contributed by atoms with Crippen LogP contribution in [0.15, 0.2) is 54.1 Å². The number of rotatable bonds is 17. The van der Waals surface area contributed by atoms with Gasteiger partial charge in [0.25, 0.3) is 0 Å². The number of amides is 1. The normalized spacial score (nSPS) is 16.4. The number of benzene rings is 2. The maximum atomic E-state index is 12.1. The molecule has 1 atom stereocenters. The summed E-state index contributed by atoms with van der Waals surface area (Å²) in [5.41, 5.74) is 3.78. The summed E-state index contributed by atoms with van der Waals surface area (Å²) in [5.74, 6) is 0.817. The quantitative estimate of drug-likeness (QED) is 0.146. The zero-order chi connectivity index (χ0) is 27.9. The second-order valence-corrected chi connectivity index (χ2v) is 10.9. The van der Waals surface area contributed by atoms with Gasteiger partial charge in [0.1, 0.15) is 12.4 Å². The molecule has 2 aromatic rings. The van der Waals surface area contributed by atoms with Crippen LogP contribution in [-0.2, 0) is 14.4 Å². The molecule has 1 unspecified atom stereocenters. The maximum Gasteiger partial charge on any atom is 0.243 e. The van der Waals surface area contributed by atoms with Crippen LogP contribution < -0.4 is 15.5 Å². The van der Waals surface area contributed by atoms with Crippen molar-refractivity contribution in [2.75, 3.05) is 32.8 Å². The van der Waals surface area contributed by atoms with Gasteiger partial charge >= 0.3 is 0 Å². The van der Waals surface area contributed by atoms with Crippen molar-refractivity contribution in [1.82, 2.24) is 15.7 Å². The monoisotopic (exact) mass is 539 g/mol. The molecule has 1 aliphatic heterocycles. The van der Waals surface area contributed by atoms with Gasteiger partial charge in [0.05, 0.1) is 0 Å². The molecule has 0 spiro atoms. The first-order chi connectivity index (χ1) is 18.9. The first-order valence-corrected chi connectivity index (χ1v) is 14.7. The molecule has 0 bridgehead atoms. The number of ether oxygens (including phenoxy) is 2. The summed E-state index contributed by atoms with van der Waals surface area (Å²) < 4.78 is 11.8. The Bertz CT molecular complexity index is 1000. The number of unbranched alkanes of at least 4 members (excludes halogenated alkanes) is 2. The molecule has 39 heavy (non-hydrogen) atoms. The molecule has 1 saturated heterocycles. The lowest BCUT2D eigenvalue weighted by Crippen LogP contribution is -2.41. The highest BCUT2D eigenvalue weighted by atomic mass is 16.8. The van der Waals surface area contributed by atoms with E-state index in [2.05, 4.69) is 73.7 Å². The highest BCUT2D eigenvalue weighted by Crippen LogP contribution is 2.25. The summed E-state index contributed by atoms with van der Waals surface area (Å²) in [4.78, 5) is 20.0. The molecule has 1 amide bonds. The van der Waals surface area contributed by atoms with E-state index in [0.717, 1.165) is 69.3 Å². The summed E-state index contributed by atoms with van der Waals surface area (Å²) in [6, 6.07) is 15.5. The third kappa shape index (κ3) is 11.3. The van der Waals surface area contributed by atoms with E-state index in [1.165, 1.54) is 11.0 Å². The molecule has 1 fully saturated rings. The Hall–Kier alpha value is -2.45. The second-order valence-electron chi connectivity index (χ2n) is 10.9. The van der Waals surface area contributed by atoms with E-state index in [1.54, 1.807) is 0 Å². The van der Waals surface area contributed by atoms with Gasteiger partial charge in [-0.1, -0.05) is 42.5 Å². The van der Waals surface area contributed by atoms with E-state index >= 15 is 0 Å². The van der Waals surface area contributed by atoms with Crippen molar-refractivity contribution in [2.24, 2.45) is 0 Å². The van der Waals surface area contributed by atoms with Crippen LogP contribution >= 0.6 is 0 Å². The fourth-order valence-electron chi connectivity index (χ4n) is 4.97. The van der Waals surface area contributed by atoms with Crippen molar-refractivity contribution in [2.45, 2.75) is 91.0 Å². The zero-order valence-corrected chi connectivity index (χ0v) is 24.4. The third-order valence-electron chi connectivity index (χ3n) is 7.12. The molecule has 7 heteroatoms. The van der Waals surface area contributed by atoms with Gasteiger partial charge < -0.3 is 14.8 Å². The van der Waals surface area contributed by atoms with Gasteiger partial charge in [0.15, 0.2) is 6.29 Å². The van der Waals surface area contributed by atoms with Gasteiger partial charge in [-0.05, 0) is 76.8 Å². The lowest BCUT2D eigenvalue weighted by molar-refractivity contribution is -0.200. The maximum absolute atomic E-state index is 12.1. The van der Waals surface area contributed by atoms with Crippen LogP contribution in [-0.4, -0.2) is 62.0 Å². The molecule has 0 aliphatic carbocycles. The number of carbonyl (C=O) groups is 1. The van der Waals surface area contributed by atoms with Crippen molar-refractivity contribution >= 4 is 16.7 Å². The van der Waals surface area contributed by atoms with Gasteiger partial charge in [-0.15, -0.1) is 0 Å². The van der Waals surface area contributed by atoms with Crippen molar-refractivity contribution in [3.05, 3.63) is 54.1 Å². The molecule has 7 nitrogen and oxygen atoms in total. The lowest BCUT2D eigenvalue weighted by Gasteiger charge is -2.30. The van der Waals surface area contributed by atoms with Crippen LogP contribution in [0.5, 0.6) is 5.75 Å². The van der Waals surface area contributed by atoms with Crippen LogP contribution in [0.2, 0.25) is 0 Å². The number of hydroxylamine groups is 1. The SMILES string of the molecule is CC(C)N(CCNCC(=CCCCCC(=O)NOC1CCCCO1)COc1cccc2ccccc12)C(C)C. The van der Waals surface area contributed by atoms with E-state index in [4.69, 9.17) is 14.3 Å². The third-order valence-corrected chi connectivity index (χ3v) is 7.12. The minimum Gasteiger partial charge on any atom is -0.489 e. The average Bonchev–Trinajstić information content (AvgIpc) is 2.94. The molecule has 1 heterocycles. The number of nitrogens with one attached hydrogen (secondary N) is 2. The Balaban J connectivity index is 1.47. The van der Waals surface area contributed by atoms with Crippen LogP contribution in [0.25, 0.3) is 10.8 Å². The fourth-order valence-corrected chi connectivity index (χ4v) is 4.97. The Kier molecular flexibility index (Phi) is 13.8. The minimum absolute atomic E-state index is 0.0887. The number of allylic oxidation sites excluding steroid dienone is 1. The molecule has 216 valence electrons. The first-order valence-electron chi connectivity index (χ1n) is 14.7. The number of fused-ring (bicyclic) bond motifs is 1. The van der Waals surface area contributed by atoms with Crippen LogP contribution in [0.4, 0.5) is 0 Å². The van der Waals surface area contributed by atoms with E-state index in [1.807, 2.05) is 18.2 Å². The van der Waals surface area contributed by atoms with Crippen molar-refractivity contribution in [1.29, 1.82) is 0 Å². The van der Waals surface area contributed by atoms with Crippen LogP contribution in [0, 0.1) is 0 Å². The van der Waals surface area contributed by atoms with Crippen LogP contribution in [0.1, 0.15) is 72.6 Å². The summed E-state index contributed by atoms with van der Waals surface area (Å²) in [5, 5.41) is 5.93. The number of carbonyl (C=O) groups excluding carboxylic acids is 1. The molecule has 2 N–H and O–H groups in total. The summed E-state index contributed by atoms with van der Waals surface area (Å²) in [6.45, 7) is 12.9. The van der Waals surface area contributed by atoms with Crippen molar-refractivity contribution in [3.8, 4) is 5.75 Å². The Morgan fingerprint density at radius 1 is 1.08 bits per heavy atom. The van der Waals surface area contributed by atoms with Crippen LogP contribution in [0.3, 0.4) is 0 Å². The predicted octanol–water partition coefficient (Wildman–Crippen LogP) is 5.99. The van der Waals surface area contributed by atoms with E-state index in [9.17, 15) is 4.79 Å². The van der Waals surface area contributed by atoms with Gasteiger partial charge in [-0.3, -0.25) is 9.69 Å². The van der Waals surface area contributed by atoms with E-state index < -0.39 is 0 Å². The smallest absolute Gasteiger partial charge is 0.243 e. The molecular weight excluding hydrogens is 490 g/mol. The van der Waals surface area contributed by atoms with Gasteiger partial charge in [0.2, 0.25) is 5.91 Å². The Morgan fingerprint density at radius 2 is 1.87 bits per heavy atom. The molecule has 0 radical (unpaired) electrons. The summed E-state index contributed by atoms with van der Waals surface area (Å²) >= 11 is 0. The van der Waals surface area contributed by atoms with Crippen molar-refractivity contribution in [3.63, 3.8) is 0 Å².